The molecule has 0 aliphatic rings. The third-order valence-corrected chi connectivity index (χ3v) is 3.00. The van der Waals surface area contributed by atoms with E-state index in [1.165, 1.54) is 0 Å². The standard InChI is InChI=1S/C14H21N3O2/c1-3-6-12(14(15)17-19)16-13(18)9-11-8-5-4-7-10(11)2/h4-5,7-8,12,19H,3,6,9H2,1-2H3,(H2,15,17)(H,16,18). The predicted molar refractivity (Wildman–Crippen MR) is 75.1 cm³/mol. The fraction of sp³-hybridized carbons (Fsp3) is 0.429. The lowest BCUT2D eigenvalue weighted by Crippen LogP contribution is -2.45. The average molecular weight is 263 g/mol. The number of nitrogens with zero attached hydrogens (tertiary/aromatic N) is 1. The summed E-state index contributed by atoms with van der Waals surface area (Å²) < 4.78 is 0. The minimum atomic E-state index is -0.411. The van der Waals surface area contributed by atoms with Gasteiger partial charge in [-0.3, -0.25) is 4.79 Å². The van der Waals surface area contributed by atoms with Gasteiger partial charge in [-0.2, -0.15) is 0 Å². The molecule has 0 fully saturated rings. The Labute approximate surface area is 113 Å². The first-order chi connectivity index (χ1) is 9.08. The molecule has 0 spiro atoms. The maximum atomic E-state index is 12.0. The summed E-state index contributed by atoms with van der Waals surface area (Å²) in [7, 11) is 0. The van der Waals surface area contributed by atoms with Crippen LogP contribution in [0.1, 0.15) is 30.9 Å². The molecule has 1 aromatic rings. The summed E-state index contributed by atoms with van der Waals surface area (Å²) in [6, 6.07) is 7.32. The molecule has 0 saturated carbocycles. The van der Waals surface area contributed by atoms with Gasteiger partial charge in [0.2, 0.25) is 5.91 Å². The molecule has 1 aromatic carbocycles. The summed E-state index contributed by atoms with van der Waals surface area (Å²) in [5, 5.41) is 14.4. The van der Waals surface area contributed by atoms with E-state index in [4.69, 9.17) is 10.9 Å². The van der Waals surface area contributed by atoms with Crippen LogP contribution in [0, 0.1) is 6.92 Å². The van der Waals surface area contributed by atoms with E-state index in [-0.39, 0.29) is 11.7 Å². The van der Waals surface area contributed by atoms with E-state index in [9.17, 15) is 4.79 Å². The van der Waals surface area contributed by atoms with Crippen molar-refractivity contribution in [2.45, 2.75) is 39.2 Å². The first kappa shape index (κ1) is 15.0. The summed E-state index contributed by atoms with van der Waals surface area (Å²) in [5.74, 6) is -0.0840. The monoisotopic (exact) mass is 263 g/mol. The molecule has 0 saturated heterocycles. The Morgan fingerprint density at radius 1 is 1.47 bits per heavy atom. The Morgan fingerprint density at radius 3 is 2.74 bits per heavy atom. The van der Waals surface area contributed by atoms with Crippen LogP contribution in [0.15, 0.2) is 29.4 Å². The Bertz CT molecular complexity index is 458. The van der Waals surface area contributed by atoms with Gasteiger partial charge >= 0.3 is 0 Å². The minimum Gasteiger partial charge on any atom is -0.409 e. The lowest BCUT2D eigenvalue weighted by molar-refractivity contribution is -0.120. The van der Waals surface area contributed by atoms with Crippen molar-refractivity contribution in [3.63, 3.8) is 0 Å². The highest BCUT2D eigenvalue weighted by Gasteiger charge is 2.16. The average Bonchev–Trinajstić information content (AvgIpc) is 2.40. The molecule has 5 heteroatoms. The van der Waals surface area contributed by atoms with Crippen LogP contribution in [-0.2, 0) is 11.2 Å². The van der Waals surface area contributed by atoms with Gasteiger partial charge in [0.25, 0.3) is 0 Å². The number of hydrogen-bond acceptors (Lipinski definition) is 3. The lowest BCUT2D eigenvalue weighted by Gasteiger charge is -2.16. The van der Waals surface area contributed by atoms with Crippen molar-refractivity contribution >= 4 is 11.7 Å². The first-order valence-corrected chi connectivity index (χ1v) is 6.39. The molecule has 0 aromatic heterocycles. The van der Waals surface area contributed by atoms with Crippen molar-refractivity contribution in [3.8, 4) is 0 Å². The summed E-state index contributed by atoms with van der Waals surface area (Å²) in [6.45, 7) is 3.95. The van der Waals surface area contributed by atoms with Gasteiger partial charge in [-0.05, 0) is 24.5 Å². The van der Waals surface area contributed by atoms with E-state index >= 15 is 0 Å². The molecule has 4 N–H and O–H groups in total. The fourth-order valence-electron chi connectivity index (χ4n) is 1.88. The highest BCUT2D eigenvalue weighted by molar-refractivity contribution is 5.90. The second-order valence-corrected chi connectivity index (χ2v) is 4.54. The first-order valence-electron chi connectivity index (χ1n) is 6.39. The topological polar surface area (TPSA) is 87.7 Å². The number of benzene rings is 1. The van der Waals surface area contributed by atoms with Gasteiger partial charge in [0.05, 0.1) is 12.5 Å². The Kier molecular flexibility index (Phi) is 5.85. The highest BCUT2D eigenvalue weighted by Crippen LogP contribution is 2.08. The molecule has 19 heavy (non-hydrogen) atoms. The summed E-state index contributed by atoms with van der Waals surface area (Å²) in [6.07, 6.45) is 1.78. The van der Waals surface area contributed by atoms with Crippen LogP contribution in [0.25, 0.3) is 0 Å². The van der Waals surface area contributed by atoms with E-state index < -0.39 is 6.04 Å². The zero-order chi connectivity index (χ0) is 14.3. The molecule has 0 aliphatic heterocycles. The quantitative estimate of drug-likeness (QED) is 0.315. The van der Waals surface area contributed by atoms with Gasteiger partial charge in [0, 0.05) is 0 Å². The second-order valence-electron chi connectivity index (χ2n) is 4.54. The zero-order valence-corrected chi connectivity index (χ0v) is 11.4. The molecule has 1 amide bonds. The second kappa shape index (κ2) is 7.41. The maximum Gasteiger partial charge on any atom is 0.225 e. The number of rotatable bonds is 6. The smallest absolute Gasteiger partial charge is 0.225 e. The number of hydrogen-bond donors (Lipinski definition) is 3. The van der Waals surface area contributed by atoms with E-state index in [2.05, 4.69) is 10.5 Å². The van der Waals surface area contributed by atoms with E-state index in [1.54, 1.807) is 0 Å². The Morgan fingerprint density at radius 2 is 2.16 bits per heavy atom. The van der Waals surface area contributed by atoms with Gasteiger partial charge in [0.15, 0.2) is 5.84 Å². The van der Waals surface area contributed by atoms with E-state index in [0.717, 1.165) is 17.5 Å². The number of oxime groups is 1. The lowest BCUT2D eigenvalue weighted by atomic mass is 10.0. The molecule has 0 bridgehead atoms. The third-order valence-electron chi connectivity index (χ3n) is 3.00. The summed E-state index contributed by atoms with van der Waals surface area (Å²) in [5.41, 5.74) is 7.62. The van der Waals surface area contributed by atoms with Gasteiger partial charge in [-0.1, -0.05) is 42.8 Å². The van der Waals surface area contributed by atoms with Crippen molar-refractivity contribution in [1.29, 1.82) is 0 Å². The predicted octanol–water partition coefficient (Wildman–Crippen LogP) is 1.57. The maximum absolute atomic E-state index is 12.0. The van der Waals surface area contributed by atoms with Gasteiger partial charge < -0.3 is 16.3 Å². The highest BCUT2D eigenvalue weighted by atomic mass is 16.4. The number of amidine groups is 1. The van der Waals surface area contributed by atoms with Gasteiger partial charge in [0.1, 0.15) is 0 Å². The van der Waals surface area contributed by atoms with Crippen molar-refractivity contribution in [2.24, 2.45) is 10.9 Å². The van der Waals surface area contributed by atoms with Crippen molar-refractivity contribution in [2.75, 3.05) is 0 Å². The third kappa shape index (κ3) is 4.62. The molecular weight excluding hydrogens is 242 g/mol. The van der Waals surface area contributed by atoms with Crippen molar-refractivity contribution in [1.82, 2.24) is 5.32 Å². The zero-order valence-electron chi connectivity index (χ0n) is 11.4. The summed E-state index contributed by atoms with van der Waals surface area (Å²) in [4.78, 5) is 12.0. The van der Waals surface area contributed by atoms with Crippen LogP contribution in [0.5, 0.6) is 0 Å². The summed E-state index contributed by atoms with van der Waals surface area (Å²) >= 11 is 0. The molecule has 1 unspecified atom stereocenters. The number of amides is 1. The van der Waals surface area contributed by atoms with Crippen LogP contribution < -0.4 is 11.1 Å². The van der Waals surface area contributed by atoms with E-state index in [0.29, 0.717) is 12.8 Å². The molecular formula is C14H21N3O2. The minimum absolute atomic E-state index is 0.0417. The van der Waals surface area contributed by atoms with Crippen LogP contribution in [0.4, 0.5) is 0 Å². The van der Waals surface area contributed by atoms with Crippen LogP contribution in [0.3, 0.4) is 0 Å². The number of carbonyl (C=O) groups is 1. The molecule has 5 nitrogen and oxygen atoms in total. The Hall–Kier alpha value is -2.04. The molecule has 1 atom stereocenters. The number of carbonyl (C=O) groups excluding carboxylic acids is 1. The van der Waals surface area contributed by atoms with Crippen LogP contribution in [0.2, 0.25) is 0 Å². The molecule has 0 aliphatic carbocycles. The molecule has 0 heterocycles. The largest absolute Gasteiger partial charge is 0.409 e. The Balaban J connectivity index is 2.65. The SMILES string of the molecule is CCCC(NC(=O)Cc1ccccc1C)/C(N)=N/O. The molecule has 104 valence electrons. The number of nitrogens with two attached hydrogens (primary N) is 1. The van der Waals surface area contributed by atoms with Gasteiger partial charge in [-0.25, -0.2) is 0 Å². The molecule has 0 radical (unpaired) electrons. The molecule has 1 rings (SSSR count). The van der Waals surface area contributed by atoms with E-state index in [1.807, 2.05) is 38.1 Å². The van der Waals surface area contributed by atoms with Gasteiger partial charge in [-0.15, -0.1) is 0 Å². The number of nitrogens with one attached hydrogen (secondary N) is 1. The number of aryl methyl sites for hydroxylation is 1. The fourth-order valence-corrected chi connectivity index (χ4v) is 1.88. The van der Waals surface area contributed by atoms with Crippen molar-refractivity contribution in [3.05, 3.63) is 35.4 Å². The normalized spacial score (nSPS) is 13.1. The van der Waals surface area contributed by atoms with Crippen LogP contribution >= 0.6 is 0 Å². The van der Waals surface area contributed by atoms with Crippen molar-refractivity contribution < 1.29 is 10.0 Å². The van der Waals surface area contributed by atoms with Crippen LogP contribution in [-0.4, -0.2) is 23.0 Å².